The minimum Gasteiger partial charge on any atom is -0.458 e. The van der Waals surface area contributed by atoms with Crippen molar-refractivity contribution in [3.05, 3.63) is 108 Å². The van der Waals surface area contributed by atoms with Gasteiger partial charge < -0.3 is 29.2 Å². The van der Waals surface area contributed by atoms with Crippen LogP contribution in [0.15, 0.2) is 91.0 Å². The summed E-state index contributed by atoms with van der Waals surface area (Å²) >= 11 is 0. The van der Waals surface area contributed by atoms with Gasteiger partial charge in [0.1, 0.15) is 18.8 Å². The van der Waals surface area contributed by atoms with E-state index in [0.29, 0.717) is 0 Å². The van der Waals surface area contributed by atoms with Gasteiger partial charge in [-0.1, -0.05) is 54.6 Å². The highest BCUT2D eigenvalue weighted by Gasteiger charge is 2.39. The molecule has 0 aliphatic rings. The molecule has 0 spiro atoms. The number of hydrogen-bond donors (Lipinski definition) is 2. The van der Waals surface area contributed by atoms with E-state index in [1.807, 2.05) is 0 Å². The number of esters is 3. The quantitative estimate of drug-likeness (QED) is 0.234. The third-order valence-electron chi connectivity index (χ3n) is 5.10. The van der Waals surface area contributed by atoms with Crippen molar-refractivity contribution in [1.82, 2.24) is 0 Å². The van der Waals surface area contributed by atoms with Gasteiger partial charge in [-0.3, -0.25) is 0 Å². The molecule has 0 aliphatic heterocycles. The molecule has 0 bridgehead atoms. The fourth-order valence-electron chi connectivity index (χ4n) is 3.19. The average molecular weight is 492 g/mol. The number of benzene rings is 3. The van der Waals surface area contributed by atoms with E-state index in [1.165, 1.54) is 36.4 Å². The van der Waals surface area contributed by atoms with Crippen LogP contribution in [-0.4, -0.2) is 65.4 Å². The maximum absolute atomic E-state index is 12.7. The SMILES string of the molecule is O=C[C@H](O)[C@@H](OC(=O)c1ccccc1)[C@H](O)[C@@H](COC(=O)c1ccccc1)OC(=O)c1ccccc1. The van der Waals surface area contributed by atoms with Gasteiger partial charge in [0.25, 0.3) is 0 Å². The zero-order valence-electron chi connectivity index (χ0n) is 19.0. The Bertz CT molecular complexity index is 1150. The van der Waals surface area contributed by atoms with Gasteiger partial charge in [-0.15, -0.1) is 0 Å². The largest absolute Gasteiger partial charge is 0.458 e. The van der Waals surface area contributed by atoms with Crippen LogP contribution in [0, 0.1) is 0 Å². The van der Waals surface area contributed by atoms with Gasteiger partial charge in [-0.2, -0.15) is 0 Å². The van der Waals surface area contributed by atoms with Gasteiger partial charge in [0.2, 0.25) is 0 Å². The smallest absolute Gasteiger partial charge is 0.338 e. The molecule has 0 aromatic heterocycles. The molecule has 0 saturated heterocycles. The van der Waals surface area contributed by atoms with Gasteiger partial charge in [0.15, 0.2) is 18.5 Å². The lowest BCUT2D eigenvalue weighted by molar-refractivity contribution is -0.139. The maximum Gasteiger partial charge on any atom is 0.338 e. The standard InChI is InChI=1S/C27H24O9/c28-16-21(29)24(36-27(33)20-14-8-3-9-15-20)23(30)22(35-26(32)19-12-6-2-7-13-19)17-34-25(31)18-10-4-1-5-11-18/h1-16,21-24,29-30H,17H2/t21-,22+,23+,24+/m0/s1. The van der Waals surface area contributed by atoms with Crippen molar-refractivity contribution in [2.24, 2.45) is 0 Å². The number of hydrogen-bond acceptors (Lipinski definition) is 9. The fourth-order valence-corrected chi connectivity index (χ4v) is 3.19. The number of aliphatic hydroxyl groups is 2. The molecule has 3 aromatic rings. The molecular formula is C27H24O9. The van der Waals surface area contributed by atoms with Crippen molar-refractivity contribution in [3.63, 3.8) is 0 Å². The molecule has 0 radical (unpaired) electrons. The van der Waals surface area contributed by atoms with E-state index in [9.17, 15) is 29.4 Å². The third-order valence-corrected chi connectivity index (χ3v) is 5.10. The van der Waals surface area contributed by atoms with Crippen molar-refractivity contribution in [3.8, 4) is 0 Å². The second-order valence-electron chi connectivity index (χ2n) is 7.63. The summed E-state index contributed by atoms with van der Waals surface area (Å²) in [6, 6.07) is 23.5. The van der Waals surface area contributed by atoms with Crippen LogP contribution in [-0.2, 0) is 19.0 Å². The minimum absolute atomic E-state index is 0.0677. The number of carbonyl (C=O) groups is 4. The Morgan fingerprint density at radius 2 is 1.08 bits per heavy atom. The number of carbonyl (C=O) groups excluding carboxylic acids is 4. The average Bonchev–Trinajstić information content (AvgIpc) is 2.94. The summed E-state index contributed by atoms with van der Waals surface area (Å²) in [6.45, 7) is -0.654. The van der Waals surface area contributed by atoms with Gasteiger partial charge in [-0.25, -0.2) is 14.4 Å². The molecule has 0 heterocycles. The van der Waals surface area contributed by atoms with E-state index in [4.69, 9.17) is 14.2 Å². The second kappa shape index (κ2) is 12.9. The number of rotatable bonds is 11. The fraction of sp³-hybridized carbons (Fsp3) is 0.185. The molecule has 3 rings (SSSR count). The Morgan fingerprint density at radius 1 is 0.667 bits per heavy atom. The Kier molecular flexibility index (Phi) is 9.44. The normalized spacial score (nSPS) is 13.9. The summed E-state index contributed by atoms with van der Waals surface area (Å²) in [4.78, 5) is 49.0. The summed E-state index contributed by atoms with van der Waals surface area (Å²) < 4.78 is 15.8. The molecule has 0 saturated carbocycles. The van der Waals surface area contributed by atoms with E-state index in [1.54, 1.807) is 54.6 Å². The van der Waals surface area contributed by atoms with Crippen LogP contribution >= 0.6 is 0 Å². The monoisotopic (exact) mass is 492 g/mol. The summed E-state index contributed by atoms with van der Waals surface area (Å²) in [5, 5.41) is 21.2. The van der Waals surface area contributed by atoms with Crippen LogP contribution in [0.1, 0.15) is 31.1 Å². The number of ether oxygens (including phenoxy) is 3. The number of aldehydes is 1. The number of aliphatic hydroxyl groups excluding tert-OH is 2. The van der Waals surface area contributed by atoms with Crippen molar-refractivity contribution in [2.75, 3.05) is 6.61 Å². The van der Waals surface area contributed by atoms with E-state index >= 15 is 0 Å². The third kappa shape index (κ3) is 7.08. The molecule has 9 nitrogen and oxygen atoms in total. The molecule has 4 atom stereocenters. The van der Waals surface area contributed by atoms with E-state index in [-0.39, 0.29) is 23.0 Å². The summed E-state index contributed by atoms with van der Waals surface area (Å²) in [6.07, 6.45) is -7.27. The van der Waals surface area contributed by atoms with Gasteiger partial charge >= 0.3 is 17.9 Å². The highest BCUT2D eigenvalue weighted by Crippen LogP contribution is 2.17. The molecule has 186 valence electrons. The van der Waals surface area contributed by atoms with Gasteiger partial charge in [0, 0.05) is 0 Å². The molecule has 2 N–H and O–H groups in total. The molecule has 0 aliphatic carbocycles. The van der Waals surface area contributed by atoms with Crippen molar-refractivity contribution in [1.29, 1.82) is 0 Å². The highest BCUT2D eigenvalue weighted by molar-refractivity contribution is 5.90. The lowest BCUT2D eigenvalue weighted by Gasteiger charge is -2.30. The van der Waals surface area contributed by atoms with E-state index in [0.717, 1.165) is 0 Å². The molecule has 0 amide bonds. The van der Waals surface area contributed by atoms with Crippen LogP contribution in [0.3, 0.4) is 0 Å². The Hall–Kier alpha value is -4.34. The van der Waals surface area contributed by atoms with Crippen molar-refractivity contribution < 1.29 is 43.6 Å². The van der Waals surface area contributed by atoms with Crippen LogP contribution in [0.4, 0.5) is 0 Å². The lowest BCUT2D eigenvalue weighted by atomic mass is 10.0. The zero-order valence-corrected chi connectivity index (χ0v) is 19.0. The van der Waals surface area contributed by atoms with Gasteiger partial charge in [0.05, 0.1) is 16.7 Å². The van der Waals surface area contributed by atoms with Crippen molar-refractivity contribution in [2.45, 2.75) is 24.4 Å². The maximum atomic E-state index is 12.7. The Morgan fingerprint density at radius 3 is 1.53 bits per heavy atom. The first-order valence-electron chi connectivity index (χ1n) is 11.0. The van der Waals surface area contributed by atoms with E-state index < -0.39 is 48.9 Å². The first-order chi connectivity index (χ1) is 17.4. The highest BCUT2D eigenvalue weighted by atomic mass is 16.6. The van der Waals surface area contributed by atoms with Crippen LogP contribution in [0.5, 0.6) is 0 Å². The molecule has 9 heteroatoms. The first-order valence-corrected chi connectivity index (χ1v) is 11.0. The summed E-state index contributed by atoms with van der Waals surface area (Å²) in [5.74, 6) is -2.57. The molecule has 0 fully saturated rings. The van der Waals surface area contributed by atoms with E-state index in [2.05, 4.69) is 0 Å². The predicted octanol–water partition coefficient (Wildman–Crippen LogP) is 2.22. The van der Waals surface area contributed by atoms with Crippen LogP contribution in [0.25, 0.3) is 0 Å². The lowest BCUT2D eigenvalue weighted by Crippen LogP contribution is -2.50. The molecular weight excluding hydrogens is 468 g/mol. The van der Waals surface area contributed by atoms with Crippen LogP contribution < -0.4 is 0 Å². The molecule has 0 unspecified atom stereocenters. The van der Waals surface area contributed by atoms with Gasteiger partial charge in [-0.05, 0) is 36.4 Å². The zero-order chi connectivity index (χ0) is 25.9. The summed E-state index contributed by atoms with van der Waals surface area (Å²) in [7, 11) is 0. The Balaban J connectivity index is 1.82. The topological polar surface area (TPSA) is 136 Å². The first kappa shape index (κ1) is 26.3. The second-order valence-corrected chi connectivity index (χ2v) is 7.63. The molecule has 36 heavy (non-hydrogen) atoms. The summed E-state index contributed by atoms with van der Waals surface area (Å²) in [5.41, 5.74) is 0.444. The predicted molar refractivity (Wildman–Crippen MR) is 126 cm³/mol. The van der Waals surface area contributed by atoms with Crippen molar-refractivity contribution >= 4 is 24.2 Å². The Labute approximate surface area is 206 Å². The minimum atomic E-state index is -1.96. The molecule has 3 aromatic carbocycles. The van der Waals surface area contributed by atoms with Crippen LogP contribution in [0.2, 0.25) is 0 Å².